The van der Waals surface area contributed by atoms with Crippen LogP contribution in [0.25, 0.3) is 11.1 Å². The third-order valence-electron chi connectivity index (χ3n) is 3.17. The fraction of sp³-hybridized carbons (Fsp3) is 0.125. The van der Waals surface area contributed by atoms with E-state index in [0.29, 0.717) is 22.4 Å². The summed E-state index contributed by atoms with van der Waals surface area (Å²) in [6.45, 7) is 1.50. The van der Waals surface area contributed by atoms with Crippen LogP contribution in [0.5, 0.6) is 0 Å². The number of benzene rings is 1. The fourth-order valence-corrected chi connectivity index (χ4v) is 1.95. The van der Waals surface area contributed by atoms with Crippen molar-refractivity contribution in [3.8, 4) is 0 Å². The minimum atomic E-state index is -0.941. The first-order chi connectivity index (χ1) is 11.1. The predicted molar refractivity (Wildman–Crippen MR) is 81.8 cm³/mol. The van der Waals surface area contributed by atoms with E-state index in [-0.39, 0.29) is 0 Å². The first-order valence-electron chi connectivity index (χ1n) is 6.88. The zero-order valence-electron chi connectivity index (χ0n) is 12.2. The lowest BCUT2D eigenvalue weighted by Gasteiger charge is -2.13. The van der Waals surface area contributed by atoms with Crippen LogP contribution in [0.4, 0.5) is 5.69 Å². The summed E-state index contributed by atoms with van der Waals surface area (Å²) in [5.74, 6) is -1.03. The number of pyridine rings is 1. The highest BCUT2D eigenvalue weighted by Crippen LogP contribution is 2.15. The fourth-order valence-electron chi connectivity index (χ4n) is 1.95. The van der Waals surface area contributed by atoms with Crippen molar-refractivity contribution in [3.05, 3.63) is 54.7 Å². The number of esters is 1. The third-order valence-corrected chi connectivity index (χ3v) is 3.17. The molecule has 1 amide bonds. The molecule has 0 aliphatic carbocycles. The molecule has 7 heteroatoms. The van der Waals surface area contributed by atoms with Gasteiger partial charge in [-0.05, 0) is 37.3 Å². The molecule has 1 aromatic carbocycles. The smallest absolute Gasteiger partial charge is 0.338 e. The van der Waals surface area contributed by atoms with Crippen molar-refractivity contribution in [1.82, 2.24) is 9.97 Å². The Morgan fingerprint density at radius 1 is 1.22 bits per heavy atom. The first-order valence-corrected chi connectivity index (χ1v) is 6.88. The molecule has 3 aromatic rings. The van der Waals surface area contributed by atoms with Gasteiger partial charge in [0.15, 0.2) is 18.1 Å². The lowest BCUT2D eigenvalue weighted by atomic mass is 10.2. The van der Waals surface area contributed by atoms with Crippen LogP contribution >= 0.6 is 0 Å². The van der Waals surface area contributed by atoms with Crippen LogP contribution in [0, 0.1) is 0 Å². The van der Waals surface area contributed by atoms with Gasteiger partial charge in [0, 0.05) is 18.1 Å². The molecule has 2 heterocycles. The summed E-state index contributed by atoms with van der Waals surface area (Å²) >= 11 is 0. The van der Waals surface area contributed by atoms with Gasteiger partial charge >= 0.3 is 5.97 Å². The van der Waals surface area contributed by atoms with E-state index in [4.69, 9.17) is 9.15 Å². The Hall–Kier alpha value is -3.22. The molecular weight excluding hydrogens is 298 g/mol. The first kappa shape index (κ1) is 14.7. The number of nitrogens with one attached hydrogen (secondary N) is 1. The van der Waals surface area contributed by atoms with E-state index in [0.717, 1.165) is 0 Å². The number of oxazole rings is 1. The van der Waals surface area contributed by atoms with E-state index in [9.17, 15) is 9.59 Å². The molecule has 0 aliphatic heterocycles. The van der Waals surface area contributed by atoms with Crippen molar-refractivity contribution < 1.29 is 18.7 Å². The molecule has 0 fully saturated rings. The number of aromatic nitrogens is 2. The van der Waals surface area contributed by atoms with Gasteiger partial charge in [-0.1, -0.05) is 0 Å². The van der Waals surface area contributed by atoms with Crippen LogP contribution in [0.3, 0.4) is 0 Å². The Morgan fingerprint density at radius 3 is 2.78 bits per heavy atom. The van der Waals surface area contributed by atoms with Gasteiger partial charge in [-0.15, -0.1) is 0 Å². The van der Waals surface area contributed by atoms with Crippen LogP contribution in [0.1, 0.15) is 17.3 Å². The highest BCUT2D eigenvalue weighted by atomic mass is 16.5. The Morgan fingerprint density at radius 2 is 2.00 bits per heavy atom. The monoisotopic (exact) mass is 311 g/mol. The number of anilines is 1. The maximum atomic E-state index is 12.1. The van der Waals surface area contributed by atoms with Crippen LogP contribution in [0.15, 0.2) is 53.5 Å². The maximum Gasteiger partial charge on any atom is 0.338 e. The second-order valence-electron chi connectivity index (χ2n) is 4.81. The summed E-state index contributed by atoms with van der Waals surface area (Å²) in [5, 5.41) is 2.64. The standard InChI is InChI=1S/C16H13N3O4/c1-10(15(20)19-12-4-6-17-7-5-12)23-16(21)11-2-3-14-13(8-11)18-9-22-14/h2-10H,1H3,(H,17,19,20). The minimum Gasteiger partial charge on any atom is -0.449 e. The van der Waals surface area contributed by atoms with Gasteiger partial charge in [-0.2, -0.15) is 0 Å². The van der Waals surface area contributed by atoms with Gasteiger partial charge in [0.2, 0.25) is 0 Å². The zero-order valence-corrected chi connectivity index (χ0v) is 12.2. The van der Waals surface area contributed by atoms with E-state index in [1.807, 2.05) is 0 Å². The quantitative estimate of drug-likeness (QED) is 0.744. The molecule has 7 nitrogen and oxygen atoms in total. The molecule has 0 saturated carbocycles. The van der Waals surface area contributed by atoms with Gasteiger partial charge in [0.1, 0.15) is 5.52 Å². The predicted octanol–water partition coefficient (Wildman–Crippen LogP) is 2.41. The van der Waals surface area contributed by atoms with Gasteiger partial charge in [0.25, 0.3) is 5.91 Å². The highest BCUT2D eigenvalue weighted by molar-refractivity contribution is 5.98. The summed E-state index contributed by atoms with van der Waals surface area (Å²) in [6.07, 6.45) is 3.47. The molecule has 0 spiro atoms. The molecule has 3 rings (SSSR count). The number of rotatable bonds is 4. The van der Waals surface area contributed by atoms with E-state index in [1.54, 1.807) is 42.7 Å². The van der Waals surface area contributed by atoms with Crippen LogP contribution in [-0.4, -0.2) is 27.9 Å². The van der Waals surface area contributed by atoms with Crippen molar-refractivity contribution in [3.63, 3.8) is 0 Å². The largest absolute Gasteiger partial charge is 0.449 e. The number of amides is 1. The Kier molecular flexibility index (Phi) is 4.01. The van der Waals surface area contributed by atoms with Crippen molar-refractivity contribution in [2.75, 3.05) is 5.32 Å². The average molecular weight is 311 g/mol. The van der Waals surface area contributed by atoms with Gasteiger partial charge in [-0.3, -0.25) is 9.78 Å². The van der Waals surface area contributed by atoms with Crippen LogP contribution < -0.4 is 5.32 Å². The molecule has 0 aliphatic rings. The van der Waals surface area contributed by atoms with Gasteiger partial charge in [0.05, 0.1) is 5.56 Å². The van der Waals surface area contributed by atoms with Crippen LogP contribution in [0.2, 0.25) is 0 Å². The number of hydrogen-bond donors (Lipinski definition) is 1. The van der Waals surface area contributed by atoms with E-state index in [1.165, 1.54) is 13.3 Å². The summed E-state index contributed by atoms with van der Waals surface area (Å²) < 4.78 is 10.3. The molecule has 116 valence electrons. The average Bonchev–Trinajstić information content (AvgIpc) is 3.03. The number of hydrogen-bond acceptors (Lipinski definition) is 6. The number of carbonyl (C=O) groups is 2. The molecule has 2 aromatic heterocycles. The number of ether oxygens (including phenoxy) is 1. The summed E-state index contributed by atoms with van der Waals surface area (Å²) in [5.41, 5.74) is 2.00. The number of nitrogens with zero attached hydrogens (tertiary/aromatic N) is 2. The van der Waals surface area contributed by atoms with E-state index >= 15 is 0 Å². The lowest BCUT2D eigenvalue weighted by molar-refractivity contribution is -0.123. The normalized spacial score (nSPS) is 11.9. The highest BCUT2D eigenvalue weighted by Gasteiger charge is 2.19. The van der Waals surface area contributed by atoms with Crippen LogP contribution in [-0.2, 0) is 9.53 Å². The molecule has 0 radical (unpaired) electrons. The van der Waals surface area contributed by atoms with Crippen molar-refractivity contribution >= 4 is 28.7 Å². The molecule has 23 heavy (non-hydrogen) atoms. The van der Waals surface area contributed by atoms with E-state index in [2.05, 4.69) is 15.3 Å². The zero-order chi connectivity index (χ0) is 16.2. The summed E-state index contributed by atoms with van der Waals surface area (Å²) in [7, 11) is 0. The third kappa shape index (κ3) is 3.34. The molecule has 1 N–H and O–H groups in total. The van der Waals surface area contributed by atoms with E-state index < -0.39 is 18.0 Å². The summed E-state index contributed by atoms with van der Waals surface area (Å²) in [4.78, 5) is 31.9. The molecular formula is C16H13N3O4. The van der Waals surface area contributed by atoms with Crippen molar-refractivity contribution in [1.29, 1.82) is 0 Å². The second-order valence-corrected chi connectivity index (χ2v) is 4.81. The number of carbonyl (C=O) groups excluding carboxylic acids is 2. The Labute approximate surface area is 131 Å². The number of fused-ring (bicyclic) bond motifs is 1. The molecule has 0 bridgehead atoms. The Balaban J connectivity index is 1.65. The second kappa shape index (κ2) is 6.27. The molecule has 0 saturated heterocycles. The van der Waals surface area contributed by atoms with Crippen molar-refractivity contribution in [2.24, 2.45) is 0 Å². The Bertz CT molecular complexity index is 845. The molecule has 1 atom stereocenters. The van der Waals surface area contributed by atoms with Gasteiger partial charge < -0.3 is 14.5 Å². The van der Waals surface area contributed by atoms with Crippen molar-refractivity contribution in [2.45, 2.75) is 13.0 Å². The summed E-state index contributed by atoms with van der Waals surface area (Å²) in [6, 6.07) is 8.02. The van der Waals surface area contributed by atoms with Gasteiger partial charge in [-0.25, -0.2) is 9.78 Å². The molecule has 1 unspecified atom stereocenters. The maximum absolute atomic E-state index is 12.1. The lowest BCUT2D eigenvalue weighted by Crippen LogP contribution is -2.30. The minimum absolute atomic E-state index is 0.301. The topological polar surface area (TPSA) is 94.3 Å². The SMILES string of the molecule is CC(OC(=O)c1ccc2ocnc2c1)C(=O)Nc1ccncc1.